The summed E-state index contributed by atoms with van der Waals surface area (Å²) in [4.78, 5) is 11.8. The zero-order chi connectivity index (χ0) is 76.1. The van der Waals surface area contributed by atoms with Gasteiger partial charge < -0.3 is 19.6 Å². The van der Waals surface area contributed by atoms with Crippen molar-refractivity contribution in [3.8, 4) is 44.5 Å². The summed E-state index contributed by atoms with van der Waals surface area (Å²) in [6.45, 7) is 4.28. The third-order valence-electron chi connectivity index (χ3n) is 22.0. The Morgan fingerprint density at radius 1 is 0.204 bits per heavy atom. The lowest BCUT2D eigenvalue weighted by Crippen LogP contribution is -2.30. The van der Waals surface area contributed by atoms with E-state index < -0.39 is 0 Å². The van der Waals surface area contributed by atoms with Crippen molar-refractivity contribution >= 4 is 90.8 Å². The molecule has 0 unspecified atom stereocenters. The molecule has 1 fully saturated rings. The summed E-state index contributed by atoms with van der Waals surface area (Å²) in [7, 11) is 0. The maximum absolute atomic E-state index is 2.41. The zero-order valence-corrected chi connectivity index (χ0v) is 64.6. The van der Waals surface area contributed by atoms with Crippen LogP contribution in [-0.2, 0) is 5.41 Å². The third kappa shape index (κ3) is 16.3. The molecule has 0 radical (unpaired) electrons. The van der Waals surface area contributed by atoms with Crippen LogP contribution in [0.15, 0.2) is 447 Å². The minimum atomic E-state index is -0.0784. The quantitative estimate of drug-likeness (QED) is 0.0752. The van der Waals surface area contributed by atoms with Crippen LogP contribution in [0.4, 0.5) is 68.2 Å². The van der Waals surface area contributed by atoms with Crippen LogP contribution in [-0.4, -0.2) is 0 Å². The van der Waals surface area contributed by atoms with Gasteiger partial charge in [0.15, 0.2) is 0 Å². The Morgan fingerprint density at radius 3 is 0.796 bits per heavy atom. The van der Waals surface area contributed by atoms with Crippen LogP contribution in [0.25, 0.3) is 55.3 Å². The van der Waals surface area contributed by atoms with Gasteiger partial charge in [-0.2, -0.15) is 0 Å². The predicted molar refractivity (Wildman–Crippen MR) is 481 cm³/mol. The second-order valence-corrected chi connectivity index (χ2v) is 30.5. The van der Waals surface area contributed by atoms with Crippen LogP contribution in [0, 0.1) is 13.8 Å². The van der Waals surface area contributed by atoms with Crippen molar-refractivity contribution < 1.29 is 0 Å². The van der Waals surface area contributed by atoms with Crippen LogP contribution in [0.5, 0.6) is 0 Å². The molecule has 17 aromatic rings. The average molecular weight is 1470 g/mol. The molecule has 0 saturated heterocycles. The summed E-state index contributed by atoms with van der Waals surface area (Å²) >= 11 is 1.78. The van der Waals surface area contributed by atoms with E-state index in [0.29, 0.717) is 0 Å². The lowest BCUT2D eigenvalue weighted by molar-refractivity contribution is 0.346. The largest absolute Gasteiger partial charge is 0.311 e. The monoisotopic (exact) mass is 1470 g/mol. The molecule has 0 aliphatic heterocycles. The molecule has 546 valence electrons. The van der Waals surface area contributed by atoms with E-state index >= 15 is 0 Å². The van der Waals surface area contributed by atoms with Crippen molar-refractivity contribution in [2.24, 2.45) is 0 Å². The molecule has 4 nitrogen and oxygen atoms in total. The smallest absolute Gasteiger partial charge is 0.0540 e. The molecule has 17 aromatic carbocycles. The predicted octanol–water partition coefficient (Wildman–Crippen LogP) is 31.1. The van der Waals surface area contributed by atoms with E-state index in [9.17, 15) is 0 Å². The number of anilines is 12. The summed E-state index contributed by atoms with van der Waals surface area (Å²) in [6, 6.07) is 158. The van der Waals surface area contributed by atoms with E-state index in [1.54, 1.807) is 11.8 Å². The van der Waals surface area contributed by atoms with Gasteiger partial charge in [0, 0.05) is 83.2 Å². The van der Waals surface area contributed by atoms with Gasteiger partial charge in [-0.15, -0.1) is 0 Å². The lowest BCUT2D eigenvalue weighted by atomic mass is 9.65. The van der Waals surface area contributed by atoms with Crippen LogP contribution in [0.3, 0.4) is 0 Å². The van der Waals surface area contributed by atoms with Gasteiger partial charge in [0.1, 0.15) is 0 Å². The minimum absolute atomic E-state index is 0.0784. The van der Waals surface area contributed by atoms with Crippen LogP contribution in [0.2, 0.25) is 0 Å². The Balaban J connectivity index is 0.000000183. The fourth-order valence-corrected chi connectivity index (χ4v) is 16.9. The molecule has 0 atom stereocenters. The second kappa shape index (κ2) is 33.8. The SMILES string of the molecule is Cc1ccc(-c2ccc(N(c3ccc(-c4ccc(C)cc4)cc3)c3ccc(C4(c5ccc(N(c6ccc(-c7ccccc7)cc6)c6ccc(-c7ccccc7)cc6)cc5)CCCCC4)cc3)cc2)cc1.c1ccc(N(c2ccccc2)c2ccc(Sc3ccc(N(c4ccccc4)c4cccc5ccccc45)cc3)cc2)cc1. The standard InChI is InChI=1S/C68H58N2.C40H30N2S/c1-50-16-20-54(21-17-50)58-28-40-64(41-29-58)70(65-42-30-59(31-43-65)55-22-18-51(2)19-23-55)67-46-34-61(35-47-67)68(48-10-5-11-49-68)60-32-44-66(45-33-60)69(62-36-24-56(25-37-62)52-12-6-3-7-13-52)63-38-26-57(27-39-63)53-14-8-4-9-15-53;1-4-15-32(16-5-1)41(33-17-6-2-7-18-33)35-23-27-37(28-24-35)43-38-29-25-36(26-30-38)42(34-19-8-3-9-20-34)40-22-12-14-31-13-10-11-21-39(31)40/h3-4,6-9,12-47H,5,10-11,48-49H2,1-2H3;1-30H. The second-order valence-electron chi connectivity index (χ2n) is 29.3. The fraction of sp³-hybridized carbons (Fsp3) is 0.0741. The van der Waals surface area contributed by atoms with Gasteiger partial charge >= 0.3 is 0 Å². The van der Waals surface area contributed by atoms with Gasteiger partial charge in [0.2, 0.25) is 0 Å². The number of para-hydroxylation sites is 3. The molecule has 0 heterocycles. The maximum atomic E-state index is 2.41. The third-order valence-corrected chi connectivity index (χ3v) is 23.0. The van der Waals surface area contributed by atoms with Gasteiger partial charge in [-0.3, -0.25) is 0 Å². The normalized spacial score (nSPS) is 12.3. The van der Waals surface area contributed by atoms with Crippen LogP contribution in [0.1, 0.15) is 54.4 Å². The van der Waals surface area contributed by atoms with Crippen LogP contribution >= 0.6 is 11.8 Å². The van der Waals surface area contributed by atoms with Crippen molar-refractivity contribution in [1.29, 1.82) is 0 Å². The van der Waals surface area contributed by atoms with E-state index in [2.05, 4.69) is 470 Å². The van der Waals surface area contributed by atoms with E-state index in [4.69, 9.17) is 0 Å². The molecule has 113 heavy (non-hydrogen) atoms. The van der Waals surface area contributed by atoms with Gasteiger partial charge in [-0.1, -0.05) is 315 Å². The first-order valence-electron chi connectivity index (χ1n) is 39.4. The number of rotatable bonds is 20. The fourth-order valence-electron chi connectivity index (χ4n) is 16.1. The maximum Gasteiger partial charge on any atom is 0.0540 e. The van der Waals surface area contributed by atoms with Crippen molar-refractivity contribution in [3.05, 3.63) is 459 Å². The first-order valence-corrected chi connectivity index (χ1v) is 40.2. The Kier molecular flexibility index (Phi) is 21.7. The van der Waals surface area contributed by atoms with E-state index in [-0.39, 0.29) is 5.41 Å². The van der Waals surface area contributed by atoms with E-state index in [0.717, 1.165) is 75.4 Å². The number of hydrogen-bond acceptors (Lipinski definition) is 5. The molecule has 0 N–H and O–H groups in total. The summed E-state index contributed by atoms with van der Waals surface area (Å²) in [6.07, 6.45) is 5.95. The zero-order valence-electron chi connectivity index (χ0n) is 63.8. The Hall–Kier alpha value is -13.5. The van der Waals surface area contributed by atoms with Crippen molar-refractivity contribution in [2.45, 2.75) is 61.2 Å². The molecule has 0 amide bonds. The summed E-state index contributed by atoms with van der Waals surface area (Å²) in [5, 5.41) is 2.46. The van der Waals surface area contributed by atoms with Crippen molar-refractivity contribution in [3.63, 3.8) is 0 Å². The minimum Gasteiger partial charge on any atom is -0.311 e. The topological polar surface area (TPSA) is 13.0 Å². The Morgan fingerprint density at radius 2 is 0.451 bits per heavy atom. The first-order chi connectivity index (χ1) is 55.8. The molecular formula is C108H88N4S. The van der Waals surface area contributed by atoms with E-state index in [1.807, 2.05) is 0 Å². The number of hydrogen-bond donors (Lipinski definition) is 0. The average Bonchev–Trinajstić information content (AvgIpc) is 0.806. The molecular weight excluding hydrogens is 1390 g/mol. The molecule has 0 bridgehead atoms. The molecule has 0 spiro atoms. The molecule has 1 saturated carbocycles. The summed E-state index contributed by atoms with van der Waals surface area (Å²) in [5.41, 5.74) is 28.6. The number of nitrogens with zero attached hydrogens (tertiary/aromatic N) is 4. The van der Waals surface area contributed by atoms with Gasteiger partial charge in [-0.25, -0.2) is 0 Å². The highest BCUT2D eigenvalue weighted by molar-refractivity contribution is 7.99. The Labute approximate surface area is 670 Å². The molecule has 0 aromatic heterocycles. The van der Waals surface area contributed by atoms with Crippen LogP contribution < -0.4 is 19.6 Å². The molecule has 5 heteroatoms. The highest BCUT2D eigenvalue weighted by atomic mass is 32.2. The highest BCUT2D eigenvalue weighted by Gasteiger charge is 2.36. The highest BCUT2D eigenvalue weighted by Crippen LogP contribution is 2.49. The van der Waals surface area contributed by atoms with Crippen molar-refractivity contribution in [1.82, 2.24) is 0 Å². The number of benzene rings is 17. The number of aryl methyl sites for hydroxylation is 2. The molecule has 1 aliphatic rings. The molecule has 1 aliphatic carbocycles. The summed E-state index contributed by atoms with van der Waals surface area (Å²) < 4.78 is 0. The van der Waals surface area contributed by atoms with Gasteiger partial charge in [0.25, 0.3) is 0 Å². The van der Waals surface area contributed by atoms with Crippen molar-refractivity contribution in [2.75, 3.05) is 19.6 Å². The first kappa shape index (κ1) is 72.4. The number of fused-ring (bicyclic) bond motifs is 1. The van der Waals surface area contributed by atoms with Gasteiger partial charge in [-0.05, 0) is 252 Å². The molecule has 18 rings (SSSR count). The Bertz CT molecular complexity index is 5690. The lowest BCUT2D eigenvalue weighted by Gasteiger charge is -2.39. The summed E-state index contributed by atoms with van der Waals surface area (Å²) in [5.74, 6) is 0. The van der Waals surface area contributed by atoms with Gasteiger partial charge in [0.05, 0.1) is 5.69 Å². The van der Waals surface area contributed by atoms with E-state index in [1.165, 1.54) is 112 Å².